The first kappa shape index (κ1) is 18.1. The van der Waals surface area contributed by atoms with Gasteiger partial charge in [0.1, 0.15) is 12.1 Å². The summed E-state index contributed by atoms with van der Waals surface area (Å²) in [7, 11) is 0. The Balaban J connectivity index is 1.75. The van der Waals surface area contributed by atoms with Crippen molar-refractivity contribution in [2.45, 2.75) is 18.9 Å². The molecule has 142 valence electrons. The number of benzene rings is 2. The Hall–Kier alpha value is -3.25. The van der Waals surface area contributed by atoms with Crippen LogP contribution in [0.5, 0.6) is 0 Å². The van der Waals surface area contributed by atoms with Crippen molar-refractivity contribution in [1.82, 2.24) is 15.3 Å². The van der Waals surface area contributed by atoms with Gasteiger partial charge in [-0.2, -0.15) is 0 Å². The fourth-order valence-electron chi connectivity index (χ4n) is 3.51. The number of hydrogen-bond acceptors (Lipinski definition) is 5. The van der Waals surface area contributed by atoms with Crippen LogP contribution in [0.2, 0.25) is 0 Å². The highest BCUT2D eigenvalue weighted by Gasteiger charge is 2.17. The van der Waals surface area contributed by atoms with Crippen LogP contribution >= 0.6 is 0 Å². The molecule has 2 heterocycles. The molecular formula is C22H23N5O. The summed E-state index contributed by atoms with van der Waals surface area (Å²) in [6.45, 7) is 1.94. The van der Waals surface area contributed by atoms with Crippen molar-refractivity contribution in [2.75, 3.05) is 18.4 Å². The van der Waals surface area contributed by atoms with Crippen LogP contribution in [0.4, 0.5) is 5.82 Å². The molecular weight excluding hydrogens is 350 g/mol. The van der Waals surface area contributed by atoms with Crippen LogP contribution in [0.3, 0.4) is 0 Å². The van der Waals surface area contributed by atoms with E-state index in [-0.39, 0.29) is 0 Å². The molecule has 6 nitrogen and oxygen atoms in total. The second-order valence-corrected chi connectivity index (χ2v) is 6.98. The molecule has 1 aliphatic heterocycles. The number of carbonyl (C=O) groups is 1. The van der Waals surface area contributed by atoms with E-state index < -0.39 is 5.91 Å². The molecule has 4 N–H and O–H groups in total. The fraction of sp³-hybridized carbons (Fsp3) is 0.227. The smallest absolute Gasteiger partial charge is 0.250 e. The van der Waals surface area contributed by atoms with E-state index in [4.69, 9.17) is 5.73 Å². The van der Waals surface area contributed by atoms with Gasteiger partial charge in [0.25, 0.3) is 5.91 Å². The van der Waals surface area contributed by atoms with Crippen LogP contribution < -0.4 is 16.4 Å². The lowest BCUT2D eigenvalue weighted by Gasteiger charge is -2.24. The van der Waals surface area contributed by atoms with Crippen molar-refractivity contribution in [3.63, 3.8) is 0 Å². The average molecular weight is 373 g/mol. The lowest BCUT2D eigenvalue weighted by molar-refractivity contribution is 0.100. The molecule has 0 unspecified atom stereocenters. The highest BCUT2D eigenvalue weighted by molar-refractivity contribution is 6.08. The maximum atomic E-state index is 12.0. The Labute approximate surface area is 163 Å². The van der Waals surface area contributed by atoms with Gasteiger partial charge >= 0.3 is 0 Å². The highest BCUT2D eigenvalue weighted by atomic mass is 16.1. The summed E-state index contributed by atoms with van der Waals surface area (Å²) >= 11 is 0. The third-order valence-corrected chi connectivity index (χ3v) is 4.93. The summed E-state index contributed by atoms with van der Waals surface area (Å²) in [5.74, 6) is 0.236. The summed E-state index contributed by atoms with van der Waals surface area (Å²) in [5.41, 5.74) is 8.57. The van der Waals surface area contributed by atoms with Gasteiger partial charge in [-0.05, 0) is 42.6 Å². The minimum Gasteiger partial charge on any atom is -0.366 e. The molecule has 6 heteroatoms. The monoisotopic (exact) mass is 373 g/mol. The molecule has 28 heavy (non-hydrogen) atoms. The van der Waals surface area contributed by atoms with Crippen LogP contribution in [-0.2, 0) is 0 Å². The molecule has 1 atom stereocenters. The Bertz CT molecular complexity index is 1010. The number of hydrogen-bond donors (Lipinski definition) is 3. The van der Waals surface area contributed by atoms with Crippen LogP contribution in [0, 0.1) is 0 Å². The van der Waals surface area contributed by atoms with E-state index in [1.165, 1.54) is 6.33 Å². The molecule has 1 aliphatic rings. The van der Waals surface area contributed by atoms with E-state index in [0.717, 1.165) is 48.3 Å². The molecule has 2 aromatic carbocycles. The first-order valence-corrected chi connectivity index (χ1v) is 9.49. The molecule has 0 radical (unpaired) electrons. The van der Waals surface area contributed by atoms with E-state index >= 15 is 0 Å². The number of aromatic nitrogens is 2. The second-order valence-electron chi connectivity index (χ2n) is 6.98. The van der Waals surface area contributed by atoms with Gasteiger partial charge < -0.3 is 16.4 Å². The largest absolute Gasteiger partial charge is 0.366 e. The van der Waals surface area contributed by atoms with Gasteiger partial charge in [-0.3, -0.25) is 4.79 Å². The minimum atomic E-state index is -0.496. The molecule has 0 aliphatic carbocycles. The molecule has 3 aromatic rings. The normalized spacial score (nSPS) is 17.1. The molecule has 1 amide bonds. The topological polar surface area (TPSA) is 92.9 Å². The fourth-order valence-corrected chi connectivity index (χ4v) is 3.51. The number of carbonyl (C=O) groups excluding carboxylic acids is 1. The van der Waals surface area contributed by atoms with Gasteiger partial charge in [-0.25, -0.2) is 9.97 Å². The van der Waals surface area contributed by atoms with E-state index in [9.17, 15) is 4.79 Å². The number of rotatable bonds is 5. The third kappa shape index (κ3) is 4.02. The number of nitrogens with two attached hydrogens (primary N) is 1. The lowest BCUT2D eigenvalue weighted by atomic mass is 10.0. The zero-order valence-corrected chi connectivity index (χ0v) is 15.6. The predicted octanol–water partition coefficient (Wildman–Crippen LogP) is 3.06. The number of nitrogens with one attached hydrogen (secondary N) is 2. The maximum absolute atomic E-state index is 12.0. The van der Waals surface area contributed by atoms with Crippen LogP contribution in [0.15, 0.2) is 48.8 Å². The molecule has 1 fully saturated rings. The van der Waals surface area contributed by atoms with Crippen molar-refractivity contribution >= 4 is 34.8 Å². The number of piperidine rings is 1. The van der Waals surface area contributed by atoms with Crippen LogP contribution in [-0.4, -0.2) is 35.0 Å². The lowest BCUT2D eigenvalue weighted by Crippen LogP contribution is -2.38. The number of primary amides is 1. The Morgan fingerprint density at radius 2 is 1.96 bits per heavy atom. The van der Waals surface area contributed by atoms with Gasteiger partial charge in [0.15, 0.2) is 0 Å². The summed E-state index contributed by atoms with van der Waals surface area (Å²) in [5, 5.41) is 7.70. The minimum absolute atomic E-state index is 0.299. The van der Waals surface area contributed by atoms with Crippen molar-refractivity contribution in [1.29, 1.82) is 0 Å². The summed E-state index contributed by atoms with van der Waals surface area (Å²) < 4.78 is 0. The predicted molar refractivity (Wildman–Crippen MR) is 113 cm³/mol. The summed E-state index contributed by atoms with van der Waals surface area (Å²) in [6.07, 6.45) is 7.66. The Morgan fingerprint density at radius 3 is 2.71 bits per heavy atom. The second kappa shape index (κ2) is 8.19. The molecule has 1 aromatic heterocycles. The van der Waals surface area contributed by atoms with Crippen molar-refractivity contribution < 1.29 is 4.79 Å². The SMILES string of the molecule is NC(=O)c1cc(C=Cc2ccccc2)cc2c(N[C@H]3CCCNC3)ncnc12. The van der Waals surface area contributed by atoms with E-state index in [1.54, 1.807) is 6.07 Å². The van der Waals surface area contributed by atoms with Crippen LogP contribution in [0.25, 0.3) is 23.1 Å². The van der Waals surface area contributed by atoms with Gasteiger partial charge in [-0.15, -0.1) is 0 Å². The maximum Gasteiger partial charge on any atom is 0.250 e. The molecule has 0 saturated carbocycles. The Kier molecular flexibility index (Phi) is 5.30. The molecule has 1 saturated heterocycles. The van der Waals surface area contributed by atoms with E-state index in [2.05, 4.69) is 20.6 Å². The zero-order chi connectivity index (χ0) is 19.3. The average Bonchev–Trinajstić information content (AvgIpc) is 2.73. The summed E-state index contributed by atoms with van der Waals surface area (Å²) in [6, 6.07) is 14.1. The Morgan fingerprint density at radius 1 is 1.14 bits per heavy atom. The highest BCUT2D eigenvalue weighted by Crippen LogP contribution is 2.26. The zero-order valence-electron chi connectivity index (χ0n) is 15.6. The quantitative estimate of drug-likeness (QED) is 0.598. The van der Waals surface area contributed by atoms with E-state index in [1.807, 2.05) is 48.6 Å². The van der Waals surface area contributed by atoms with E-state index in [0.29, 0.717) is 17.1 Å². The first-order valence-electron chi connectivity index (χ1n) is 9.49. The standard InChI is InChI=1S/C22H23N5O/c23-21(28)18-11-16(9-8-15-5-2-1-3-6-15)12-19-20(18)25-14-26-22(19)27-17-7-4-10-24-13-17/h1-3,5-6,8-9,11-12,14,17,24H,4,7,10,13H2,(H2,23,28)(H,25,26,27)/t17-/m0/s1. The third-order valence-electron chi connectivity index (χ3n) is 4.93. The van der Waals surface area contributed by atoms with Crippen molar-refractivity contribution in [3.05, 3.63) is 65.5 Å². The van der Waals surface area contributed by atoms with Crippen LogP contribution in [0.1, 0.15) is 34.3 Å². The molecule has 0 spiro atoms. The van der Waals surface area contributed by atoms with Gasteiger partial charge in [-0.1, -0.05) is 42.5 Å². The first-order chi connectivity index (χ1) is 13.7. The van der Waals surface area contributed by atoms with Gasteiger partial charge in [0.05, 0.1) is 11.1 Å². The van der Waals surface area contributed by atoms with Crippen molar-refractivity contribution in [2.24, 2.45) is 5.73 Å². The molecule has 0 bridgehead atoms. The number of nitrogens with zero attached hydrogens (tertiary/aromatic N) is 2. The van der Waals surface area contributed by atoms with Gasteiger partial charge in [0, 0.05) is 18.0 Å². The number of fused-ring (bicyclic) bond motifs is 1. The number of amides is 1. The molecule has 4 rings (SSSR count). The van der Waals surface area contributed by atoms with Gasteiger partial charge in [0.2, 0.25) is 0 Å². The summed E-state index contributed by atoms with van der Waals surface area (Å²) in [4.78, 5) is 20.8. The number of anilines is 1. The van der Waals surface area contributed by atoms with Crippen molar-refractivity contribution in [3.8, 4) is 0 Å².